The summed E-state index contributed by atoms with van der Waals surface area (Å²) in [6.45, 7) is 0. The highest BCUT2D eigenvalue weighted by molar-refractivity contribution is 7.99. The summed E-state index contributed by atoms with van der Waals surface area (Å²) in [7, 11) is 2.97. The Labute approximate surface area is 160 Å². The van der Waals surface area contributed by atoms with Gasteiger partial charge in [0.1, 0.15) is 5.75 Å². The van der Waals surface area contributed by atoms with Gasteiger partial charge in [-0.3, -0.25) is 9.36 Å². The van der Waals surface area contributed by atoms with Gasteiger partial charge in [-0.15, -0.1) is 10.2 Å². The van der Waals surface area contributed by atoms with Crippen molar-refractivity contribution in [1.29, 1.82) is 0 Å². The molecule has 1 aromatic heterocycles. The number of rotatable bonds is 6. The molecule has 134 valence electrons. The summed E-state index contributed by atoms with van der Waals surface area (Å²) < 4.78 is 11.8. The van der Waals surface area contributed by atoms with Gasteiger partial charge < -0.3 is 9.47 Å². The normalized spacial score (nSPS) is 10.6. The van der Waals surface area contributed by atoms with Crippen molar-refractivity contribution in [3.63, 3.8) is 0 Å². The van der Waals surface area contributed by atoms with E-state index in [0.29, 0.717) is 16.0 Å². The van der Waals surface area contributed by atoms with Crippen LogP contribution >= 0.6 is 23.4 Å². The van der Waals surface area contributed by atoms with Crippen LogP contribution in [0.1, 0.15) is 0 Å². The monoisotopic (exact) mass is 389 g/mol. The van der Waals surface area contributed by atoms with E-state index in [0.717, 1.165) is 17.0 Å². The van der Waals surface area contributed by atoms with Crippen molar-refractivity contribution < 1.29 is 14.3 Å². The standard InChI is InChI=1S/C18H16ClN3O3S/c1-24-13-9-7-12(8-10-13)22-17(14-5-3-4-6-15(14)19)20-21-18(22)26-11-16(23)25-2/h3-10H,11H2,1-2H3. The molecule has 26 heavy (non-hydrogen) atoms. The quantitative estimate of drug-likeness (QED) is 0.471. The van der Waals surface area contributed by atoms with Crippen LogP contribution in [0.2, 0.25) is 5.02 Å². The number of hydrogen-bond acceptors (Lipinski definition) is 6. The number of halogens is 1. The number of aromatic nitrogens is 3. The smallest absolute Gasteiger partial charge is 0.316 e. The van der Waals surface area contributed by atoms with Crippen LogP contribution in [0, 0.1) is 0 Å². The molecule has 0 radical (unpaired) electrons. The Kier molecular flexibility index (Phi) is 5.80. The molecule has 0 aliphatic rings. The SMILES string of the molecule is COC(=O)CSc1nnc(-c2ccccc2Cl)n1-c1ccc(OC)cc1. The van der Waals surface area contributed by atoms with E-state index >= 15 is 0 Å². The molecule has 0 aliphatic heterocycles. The minimum atomic E-state index is -0.335. The third-order valence-electron chi connectivity index (χ3n) is 3.63. The lowest BCUT2D eigenvalue weighted by molar-refractivity contribution is -0.137. The maximum atomic E-state index is 11.5. The molecule has 3 rings (SSSR count). The maximum absolute atomic E-state index is 11.5. The van der Waals surface area contributed by atoms with Gasteiger partial charge in [-0.25, -0.2) is 0 Å². The molecular formula is C18H16ClN3O3S. The van der Waals surface area contributed by atoms with Crippen molar-refractivity contribution in [2.24, 2.45) is 0 Å². The maximum Gasteiger partial charge on any atom is 0.316 e. The Morgan fingerprint density at radius 2 is 1.85 bits per heavy atom. The van der Waals surface area contributed by atoms with Crippen molar-refractivity contribution in [3.05, 3.63) is 53.6 Å². The van der Waals surface area contributed by atoms with E-state index < -0.39 is 0 Å². The first-order valence-electron chi connectivity index (χ1n) is 7.68. The Morgan fingerprint density at radius 3 is 2.50 bits per heavy atom. The lowest BCUT2D eigenvalue weighted by Crippen LogP contribution is -2.05. The lowest BCUT2D eigenvalue weighted by atomic mass is 10.2. The molecule has 0 saturated carbocycles. The van der Waals surface area contributed by atoms with E-state index in [-0.39, 0.29) is 11.7 Å². The molecule has 0 fully saturated rings. The average Bonchev–Trinajstić information content (AvgIpc) is 3.10. The summed E-state index contributed by atoms with van der Waals surface area (Å²) in [4.78, 5) is 11.5. The molecule has 6 nitrogen and oxygen atoms in total. The number of nitrogens with zero attached hydrogens (tertiary/aromatic N) is 3. The lowest BCUT2D eigenvalue weighted by Gasteiger charge is -2.11. The summed E-state index contributed by atoms with van der Waals surface area (Å²) in [6, 6.07) is 14.9. The van der Waals surface area contributed by atoms with Crippen LogP contribution in [0.15, 0.2) is 53.7 Å². The summed E-state index contributed by atoms with van der Waals surface area (Å²) >= 11 is 7.59. The summed E-state index contributed by atoms with van der Waals surface area (Å²) in [5.74, 6) is 1.13. The fraction of sp³-hybridized carbons (Fsp3) is 0.167. The van der Waals surface area contributed by atoms with E-state index in [1.165, 1.54) is 18.9 Å². The molecule has 0 aliphatic carbocycles. The number of carbonyl (C=O) groups is 1. The van der Waals surface area contributed by atoms with Crippen LogP contribution in [0.25, 0.3) is 17.1 Å². The molecule has 2 aromatic carbocycles. The van der Waals surface area contributed by atoms with Gasteiger partial charge in [0.15, 0.2) is 11.0 Å². The third kappa shape index (κ3) is 3.84. The van der Waals surface area contributed by atoms with Gasteiger partial charge in [-0.2, -0.15) is 0 Å². The van der Waals surface area contributed by atoms with Crippen molar-refractivity contribution in [1.82, 2.24) is 14.8 Å². The fourth-order valence-electron chi connectivity index (χ4n) is 2.33. The van der Waals surface area contributed by atoms with Crippen LogP contribution in [0.5, 0.6) is 5.75 Å². The first-order chi connectivity index (χ1) is 12.6. The number of hydrogen-bond donors (Lipinski definition) is 0. The zero-order valence-corrected chi connectivity index (χ0v) is 15.8. The molecular weight excluding hydrogens is 374 g/mol. The number of benzene rings is 2. The van der Waals surface area contributed by atoms with Gasteiger partial charge in [-0.05, 0) is 36.4 Å². The minimum Gasteiger partial charge on any atom is -0.497 e. The molecule has 0 saturated heterocycles. The van der Waals surface area contributed by atoms with Gasteiger partial charge in [-0.1, -0.05) is 35.5 Å². The van der Waals surface area contributed by atoms with Crippen molar-refractivity contribution >= 4 is 29.3 Å². The second-order valence-electron chi connectivity index (χ2n) is 5.18. The third-order valence-corrected chi connectivity index (χ3v) is 4.86. The van der Waals surface area contributed by atoms with Crippen LogP contribution in [-0.2, 0) is 9.53 Å². The summed E-state index contributed by atoms with van der Waals surface area (Å²) in [5, 5.41) is 9.67. The predicted molar refractivity (Wildman–Crippen MR) is 101 cm³/mol. The molecule has 0 bridgehead atoms. The summed E-state index contributed by atoms with van der Waals surface area (Å²) in [6.07, 6.45) is 0. The van der Waals surface area contributed by atoms with E-state index in [2.05, 4.69) is 10.2 Å². The first kappa shape index (κ1) is 18.3. The van der Waals surface area contributed by atoms with Crippen LogP contribution in [0.4, 0.5) is 0 Å². The van der Waals surface area contributed by atoms with E-state index in [1.54, 1.807) is 13.2 Å². The van der Waals surface area contributed by atoms with E-state index in [9.17, 15) is 4.79 Å². The predicted octanol–water partition coefficient (Wildman–Crippen LogP) is 3.86. The van der Waals surface area contributed by atoms with Gasteiger partial charge in [0.2, 0.25) is 0 Å². The van der Waals surface area contributed by atoms with Crippen molar-refractivity contribution in [2.75, 3.05) is 20.0 Å². The first-order valence-corrected chi connectivity index (χ1v) is 9.04. The zero-order valence-electron chi connectivity index (χ0n) is 14.2. The molecule has 0 unspecified atom stereocenters. The molecule has 0 amide bonds. The van der Waals surface area contributed by atoms with Gasteiger partial charge >= 0.3 is 5.97 Å². The molecule has 1 heterocycles. The molecule has 0 atom stereocenters. The summed E-state index contributed by atoms with van der Waals surface area (Å²) in [5.41, 5.74) is 1.58. The largest absolute Gasteiger partial charge is 0.497 e. The van der Waals surface area contributed by atoms with Crippen molar-refractivity contribution in [3.8, 4) is 22.8 Å². The number of ether oxygens (including phenoxy) is 2. The highest BCUT2D eigenvalue weighted by Crippen LogP contribution is 2.32. The second kappa shape index (κ2) is 8.25. The van der Waals surface area contributed by atoms with Gasteiger partial charge in [0, 0.05) is 11.3 Å². The molecule has 8 heteroatoms. The molecule has 0 spiro atoms. The Bertz CT molecular complexity index is 912. The second-order valence-corrected chi connectivity index (χ2v) is 6.53. The Hall–Kier alpha value is -2.51. The Balaban J connectivity index is 2.08. The number of methoxy groups -OCH3 is 2. The average molecular weight is 390 g/mol. The van der Waals surface area contributed by atoms with Gasteiger partial charge in [0.25, 0.3) is 0 Å². The molecule has 0 N–H and O–H groups in total. The number of esters is 1. The zero-order chi connectivity index (χ0) is 18.5. The minimum absolute atomic E-state index is 0.132. The number of thioether (sulfide) groups is 1. The van der Waals surface area contributed by atoms with E-state index in [1.807, 2.05) is 47.0 Å². The Morgan fingerprint density at radius 1 is 1.12 bits per heavy atom. The van der Waals surface area contributed by atoms with Gasteiger partial charge in [0.05, 0.1) is 25.0 Å². The highest BCUT2D eigenvalue weighted by atomic mass is 35.5. The highest BCUT2D eigenvalue weighted by Gasteiger charge is 2.19. The number of carbonyl (C=O) groups excluding carboxylic acids is 1. The van der Waals surface area contributed by atoms with Crippen LogP contribution in [-0.4, -0.2) is 40.7 Å². The van der Waals surface area contributed by atoms with E-state index in [4.69, 9.17) is 21.1 Å². The van der Waals surface area contributed by atoms with Crippen LogP contribution < -0.4 is 4.74 Å². The van der Waals surface area contributed by atoms with Crippen molar-refractivity contribution in [2.45, 2.75) is 5.16 Å². The molecule has 3 aromatic rings. The van der Waals surface area contributed by atoms with Crippen LogP contribution in [0.3, 0.4) is 0 Å². The topological polar surface area (TPSA) is 66.2 Å². The fourth-order valence-corrected chi connectivity index (χ4v) is 3.33.